The van der Waals surface area contributed by atoms with Gasteiger partial charge in [-0.25, -0.2) is 14.4 Å². The maximum atomic E-state index is 13.9. The lowest BCUT2D eigenvalue weighted by Crippen LogP contribution is -2.69. The standard InChI is InChI=1S/C17H13ClFN3/c18-15-20-6-5-13(21-15)12-7-22(14-4-2-1-3-11(12)14)17-8-16(19,9-17)10-17/h1-7H,8-10H2. The van der Waals surface area contributed by atoms with Crippen molar-refractivity contribution < 1.29 is 4.39 Å². The summed E-state index contributed by atoms with van der Waals surface area (Å²) in [7, 11) is 0. The Labute approximate surface area is 131 Å². The maximum absolute atomic E-state index is 13.9. The Morgan fingerprint density at radius 1 is 1.14 bits per heavy atom. The molecule has 3 aliphatic carbocycles. The van der Waals surface area contributed by atoms with E-state index >= 15 is 0 Å². The van der Waals surface area contributed by atoms with Crippen LogP contribution in [0.15, 0.2) is 42.7 Å². The minimum absolute atomic E-state index is 0.0383. The minimum Gasteiger partial charge on any atom is -0.340 e. The van der Waals surface area contributed by atoms with E-state index in [1.54, 1.807) is 6.20 Å². The third kappa shape index (κ3) is 1.51. The van der Waals surface area contributed by atoms with E-state index in [0.29, 0.717) is 19.3 Å². The molecular weight excluding hydrogens is 301 g/mol. The molecule has 5 heteroatoms. The number of rotatable bonds is 2. The number of benzene rings is 1. The Bertz CT molecular complexity index is 897. The first-order valence-corrected chi connectivity index (χ1v) is 7.75. The number of halogens is 2. The van der Waals surface area contributed by atoms with Crippen molar-refractivity contribution in [1.29, 1.82) is 0 Å². The van der Waals surface area contributed by atoms with Crippen molar-refractivity contribution in [1.82, 2.24) is 14.5 Å². The number of aromatic nitrogens is 3. The molecule has 3 saturated carbocycles. The van der Waals surface area contributed by atoms with Crippen LogP contribution in [-0.4, -0.2) is 20.2 Å². The van der Waals surface area contributed by atoms with E-state index in [9.17, 15) is 4.39 Å². The Morgan fingerprint density at radius 3 is 2.64 bits per heavy atom. The van der Waals surface area contributed by atoms with Gasteiger partial charge in [-0.05, 0) is 23.7 Å². The molecule has 6 rings (SSSR count). The number of hydrogen-bond acceptors (Lipinski definition) is 2. The molecule has 2 bridgehead atoms. The molecule has 0 spiro atoms. The average molecular weight is 314 g/mol. The fourth-order valence-electron chi connectivity index (χ4n) is 4.13. The Hall–Kier alpha value is -1.94. The molecule has 2 heterocycles. The lowest BCUT2D eigenvalue weighted by atomic mass is 9.47. The molecule has 110 valence electrons. The monoisotopic (exact) mass is 313 g/mol. The highest BCUT2D eigenvalue weighted by molar-refractivity contribution is 6.28. The van der Waals surface area contributed by atoms with Gasteiger partial charge in [-0.1, -0.05) is 18.2 Å². The van der Waals surface area contributed by atoms with E-state index in [0.717, 1.165) is 22.2 Å². The summed E-state index contributed by atoms with van der Waals surface area (Å²) in [5, 5.41) is 1.36. The van der Waals surface area contributed by atoms with Crippen LogP contribution in [0.2, 0.25) is 5.28 Å². The first-order chi connectivity index (χ1) is 10.6. The summed E-state index contributed by atoms with van der Waals surface area (Å²) in [6.45, 7) is 0. The number of fused-ring (bicyclic) bond motifs is 1. The van der Waals surface area contributed by atoms with Crippen LogP contribution in [0, 0.1) is 0 Å². The topological polar surface area (TPSA) is 30.7 Å². The zero-order chi connectivity index (χ0) is 14.9. The molecule has 3 nitrogen and oxygen atoms in total. The van der Waals surface area contributed by atoms with Crippen molar-refractivity contribution >= 4 is 22.5 Å². The van der Waals surface area contributed by atoms with Gasteiger partial charge in [0.2, 0.25) is 5.28 Å². The van der Waals surface area contributed by atoms with Crippen molar-refractivity contribution in [3.05, 3.63) is 48.0 Å². The molecule has 0 amide bonds. The van der Waals surface area contributed by atoms with Crippen molar-refractivity contribution in [2.24, 2.45) is 0 Å². The first-order valence-electron chi connectivity index (χ1n) is 7.37. The molecule has 3 aliphatic rings. The Morgan fingerprint density at radius 2 is 1.91 bits per heavy atom. The van der Waals surface area contributed by atoms with E-state index in [1.165, 1.54) is 0 Å². The van der Waals surface area contributed by atoms with Gasteiger partial charge in [0.05, 0.1) is 11.2 Å². The summed E-state index contributed by atoms with van der Waals surface area (Å²) in [4.78, 5) is 8.27. The van der Waals surface area contributed by atoms with Gasteiger partial charge in [-0.2, -0.15) is 0 Å². The third-order valence-electron chi connectivity index (χ3n) is 5.06. The highest BCUT2D eigenvalue weighted by atomic mass is 35.5. The summed E-state index contributed by atoms with van der Waals surface area (Å²) in [5.41, 5.74) is 2.01. The van der Waals surface area contributed by atoms with Crippen LogP contribution in [0.1, 0.15) is 19.3 Å². The molecule has 3 fully saturated rings. The van der Waals surface area contributed by atoms with Gasteiger partial charge >= 0.3 is 0 Å². The van der Waals surface area contributed by atoms with E-state index in [1.807, 2.05) is 18.2 Å². The lowest BCUT2D eigenvalue weighted by molar-refractivity contribution is -0.196. The van der Waals surface area contributed by atoms with Gasteiger partial charge in [0.15, 0.2) is 0 Å². The number of nitrogens with zero attached hydrogens (tertiary/aromatic N) is 3. The zero-order valence-electron chi connectivity index (χ0n) is 11.8. The first kappa shape index (κ1) is 12.6. The predicted octanol–water partition coefficient (Wildman–Crippen LogP) is 4.35. The zero-order valence-corrected chi connectivity index (χ0v) is 12.5. The Balaban J connectivity index is 1.73. The van der Waals surface area contributed by atoms with Crippen LogP contribution in [0.3, 0.4) is 0 Å². The highest BCUT2D eigenvalue weighted by Gasteiger charge is 2.70. The number of alkyl halides is 1. The normalized spacial score (nSPS) is 29.2. The predicted molar refractivity (Wildman–Crippen MR) is 83.6 cm³/mol. The quantitative estimate of drug-likeness (QED) is 0.658. The summed E-state index contributed by atoms with van der Waals surface area (Å²) in [6, 6.07) is 10.1. The van der Waals surface area contributed by atoms with Gasteiger partial charge in [0, 0.05) is 48.1 Å². The van der Waals surface area contributed by atoms with Crippen LogP contribution >= 0.6 is 11.6 Å². The van der Waals surface area contributed by atoms with Crippen LogP contribution in [0.25, 0.3) is 22.2 Å². The summed E-state index contributed by atoms with van der Waals surface area (Å²) < 4.78 is 16.2. The van der Waals surface area contributed by atoms with Crippen LogP contribution in [0.5, 0.6) is 0 Å². The van der Waals surface area contributed by atoms with Crippen molar-refractivity contribution in [3.63, 3.8) is 0 Å². The van der Waals surface area contributed by atoms with Crippen LogP contribution < -0.4 is 0 Å². The second-order valence-electron chi connectivity index (χ2n) is 6.55. The third-order valence-corrected chi connectivity index (χ3v) is 5.24. The second kappa shape index (κ2) is 3.87. The molecular formula is C17H13ClFN3. The van der Waals surface area contributed by atoms with Gasteiger partial charge in [0.1, 0.15) is 5.67 Å². The Kier molecular flexibility index (Phi) is 2.22. The van der Waals surface area contributed by atoms with Gasteiger partial charge in [-0.3, -0.25) is 0 Å². The molecule has 2 aromatic heterocycles. The molecule has 1 aromatic carbocycles. The summed E-state index contributed by atoms with van der Waals surface area (Å²) >= 11 is 5.93. The van der Waals surface area contributed by atoms with E-state index in [4.69, 9.17) is 11.6 Å². The molecule has 3 aromatic rings. The molecule has 0 radical (unpaired) electrons. The lowest BCUT2D eigenvalue weighted by Gasteiger charge is -2.66. The maximum Gasteiger partial charge on any atom is 0.222 e. The largest absolute Gasteiger partial charge is 0.340 e. The van der Waals surface area contributed by atoms with Crippen LogP contribution in [-0.2, 0) is 5.54 Å². The van der Waals surface area contributed by atoms with E-state index in [2.05, 4.69) is 32.9 Å². The molecule has 0 saturated heterocycles. The van der Waals surface area contributed by atoms with E-state index in [-0.39, 0.29) is 10.8 Å². The smallest absolute Gasteiger partial charge is 0.222 e. The fourth-order valence-corrected chi connectivity index (χ4v) is 4.28. The second-order valence-corrected chi connectivity index (χ2v) is 6.88. The van der Waals surface area contributed by atoms with Gasteiger partial charge < -0.3 is 4.57 Å². The van der Waals surface area contributed by atoms with Gasteiger partial charge in [-0.15, -0.1) is 0 Å². The average Bonchev–Trinajstić information content (AvgIpc) is 2.83. The molecule has 0 unspecified atom stereocenters. The molecule has 0 aliphatic heterocycles. The van der Waals surface area contributed by atoms with E-state index < -0.39 is 5.67 Å². The summed E-state index contributed by atoms with van der Waals surface area (Å²) in [5.74, 6) is 0. The van der Waals surface area contributed by atoms with Crippen molar-refractivity contribution in [3.8, 4) is 11.3 Å². The number of para-hydroxylation sites is 1. The van der Waals surface area contributed by atoms with Gasteiger partial charge in [0.25, 0.3) is 0 Å². The number of hydrogen-bond donors (Lipinski definition) is 0. The van der Waals surface area contributed by atoms with Crippen molar-refractivity contribution in [2.75, 3.05) is 0 Å². The SMILES string of the molecule is FC12CC(n3cc(-c4ccnc(Cl)n4)c4ccccc43)(C1)C2. The van der Waals surface area contributed by atoms with Crippen molar-refractivity contribution in [2.45, 2.75) is 30.5 Å². The molecule has 22 heavy (non-hydrogen) atoms. The summed E-state index contributed by atoms with van der Waals surface area (Å²) in [6.07, 6.45) is 5.64. The van der Waals surface area contributed by atoms with Crippen LogP contribution in [0.4, 0.5) is 4.39 Å². The highest BCUT2D eigenvalue weighted by Crippen LogP contribution is 2.68. The molecule has 0 N–H and O–H groups in total. The minimum atomic E-state index is -0.913. The molecule has 0 atom stereocenters. The fraction of sp³-hybridized carbons (Fsp3) is 0.294.